The lowest BCUT2D eigenvalue weighted by atomic mass is 9.82. The average Bonchev–Trinajstić information content (AvgIpc) is 3.13. The quantitative estimate of drug-likeness (QED) is 0.725. The molecule has 0 saturated heterocycles. The van der Waals surface area contributed by atoms with Crippen LogP contribution in [-0.4, -0.2) is 24.0 Å². The van der Waals surface area contributed by atoms with Gasteiger partial charge in [-0.1, -0.05) is 37.6 Å². The molecule has 1 aromatic heterocycles. The lowest BCUT2D eigenvalue weighted by Crippen LogP contribution is -2.99. The van der Waals surface area contributed by atoms with E-state index in [0.29, 0.717) is 5.92 Å². The topological polar surface area (TPSA) is 52.7 Å². The first-order chi connectivity index (χ1) is 13.0. The fourth-order valence-corrected chi connectivity index (χ4v) is 4.96. The summed E-state index contributed by atoms with van der Waals surface area (Å²) < 4.78 is 0. The molecule has 3 N–H and O–H groups in total. The Balaban J connectivity index is 1.79. The van der Waals surface area contributed by atoms with E-state index in [9.17, 15) is 4.79 Å². The Morgan fingerprint density at radius 1 is 1.22 bits per heavy atom. The van der Waals surface area contributed by atoms with Gasteiger partial charge in [-0.2, -0.15) is 0 Å². The van der Waals surface area contributed by atoms with E-state index in [-0.39, 0.29) is 5.91 Å². The molecule has 138 valence electrons. The van der Waals surface area contributed by atoms with Gasteiger partial charge in [0.15, 0.2) is 0 Å². The molecule has 2 aliphatic heterocycles. The molecule has 0 bridgehead atoms. The van der Waals surface area contributed by atoms with Gasteiger partial charge < -0.3 is 15.2 Å². The molecule has 2 aliphatic rings. The maximum absolute atomic E-state index is 13.9. The number of aromatic amines is 1. The van der Waals surface area contributed by atoms with Crippen LogP contribution in [0, 0.1) is 12.8 Å². The Morgan fingerprint density at radius 3 is 2.85 bits per heavy atom. The maximum atomic E-state index is 13.9. The van der Waals surface area contributed by atoms with Gasteiger partial charge in [0.1, 0.15) is 0 Å². The van der Waals surface area contributed by atoms with Crippen molar-refractivity contribution in [1.82, 2.24) is 4.98 Å². The molecule has 4 nitrogen and oxygen atoms in total. The number of quaternary nitrogens is 1. The number of hydrogen-bond acceptors (Lipinski definition) is 1. The lowest BCUT2D eigenvalue weighted by Gasteiger charge is -2.31. The zero-order chi connectivity index (χ0) is 18.8. The third kappa shape index (κ3) is 2.16. The average molecular weight is 360 g/mol. The number of amides is 1. The minimum absolute atomic E-state index is 0.196. The first-order valence-corrected chi connectivity index (χ1v) is 9.90. The number of benzene rings is 2. The number of hydrogen-bond donors (Lipinski definition) is 2. The van der Waals surface area contributed by atoms with Crippen LogP contribution in [0.3, 0.4) is 0 Å². The van der Waals surface area contributed by atoms with Gasteiger partial charge >= 0.3 is 0 Å². The molecular formula is C23H26N3O+. The van der Waals surface area contributed by atoms with Crippen molar-refractivity contribution in [3.05, 3.63) is 64.8 Å². The molecule has 5 rings (SSSR count). The number of carbonyl (C=O) groups is 1. The minimum atomic E-state index is -0.675. The molecule has 27 heavy (non-hydrogen) atoms. The Kier molecular flexibility index (Phi) is 3.50. The number of para-hydroxylation sites is 1. The van der Waals surface area contributed by atoms with Crippen molar-refractivity contribution in [3.8, 4) is 0 Å². The first kappa shape index (κ1) is 16.6. The van der Waals surface area contributed by atoms with E-state index >= 15 is 0 Å². The molecule has 3 heterocycles. The molecular weight excluding hydrogens is 334 g/mol. The van der Waals surface area contributed by atoms with Gasteiger partial charge in [-0.3, -0.25) is 4.79 Å². The van der Waals surface area contributed by atoms with Crippen LogP contribution in [0.4, 0.5) is 5.69 Å². The summed E-state index contributed by atoms with van der Waals surface area (Å²) >= 11 is 0. The highest BCUT2D eigenvalue weighted by Gasteiger charge is 2.59. The van der Waals surface area contributed by atoms with Gasteiger partial charge in [0, 0.05) is 23.9 Å². The summed E-state index contributed by atoms with van der Waals surface area (Å²) in [6.07, 6.45) is 0.986. The summed E-state index contributed by atoms with van der Waals surface area (Å²) in [7, 11) is 0. The number of aromatic nitrogens is 1. The summed E-state index contributed by atoms with van der Waals surface area (Å²) in [6.45, 7) is 8.14. The van der Waals surface area contributed by atoms with Crippen molar-refractivity contribution in [2.24, 2.45) is 5.92 Å². The highest BCUT2D eigenvalue weighted by atomic mass is 16.2. The molecule has 4 heteroatoms. The number of fused-ring (bicyclic) bond motifs is 6. The largest absolute Gasteiger partial charge is 0.352 e. The molecule has 1 amide bonds. The number of aryl methyl sites for hydroxylation is 1. The molecule has 3 aromatic rings. The van der Waals surface area contributed by atoms with E-state index < -0.39 is 5.54 Å². The normalized spacial score (nSPS) is 21.3. The van der Waals surface area contributed by atoms with Crippen molar-refractivity contribution >= 4 is 22.5 Å². The molecule has 2 aromatic carbocycles. The first-order valence-electron chi connectivity index (χ1n) is 9.90. The second-order valence-electron chi connectivity index (χ2n) is 8.41. The van der Waals surface area contributed by atoms with Gasteiger partial charge in [-0.05, 0) is 42.7 Å². The number of nitrogens with one attached hydrogen (secondary N) is 1. The SMILES string of the molecule is Cc1ccc2[nH]c3c(c2c1)CC[NH2+][C@@]31C(=O)N(CC(C)C)c2ccccc21. The summed E-state index contributed by atoms with van der Waals surface area (Å²) in [5.41, 5.74) is 6.30. The highest BCUT2D eigenvalue weighted by molar-refractivity contribution is 6.09. The van der Waals surface area contributed by atoms with Crippen LogP contribution in [0.1, 0.15) is 36.2 Å². The summed E-state index contributed by atoms with van der Waals surface area (Å²) in [5.74, 6) is 0.618. The fraction of sp³-hybridized carbons (Fsp3) is 0.348. The van der Waals surface area contributed by atoms with Gasteiger partial charge in [-0.15, -0.1) is 0 Å². The molecule has 1 atom stereocenters. The number of H-pyrrole nitrogens is 1. The number of rotatable bonds is 2. The number of carbonyl (C=O) groups excluding carboxylic acids is 1. The van der Waals surface area contributed by atoms with E-state index in [1.165, 1.54) is 16.5 Å². The Morgan fingerprint density at radius 2 is 2.04 bits per heavy atom. The van der Waals surface area contributed by atoms with Crippen molar-refractivity contribution in [3.63, 3.8) is 0 Å². The monoisotopic (exact) mass is 360 g/mol. The Labute approximate surface area is 159 Å². The van der Waals surface area contributed by atoms with Crippen LogP contribution in [0.2, 0.25) is 0 Å². The summed E-state index contributed by atoms with van der Waals surface area (Å²) in [6, 6.07) is 14.9. The predicted octanol–water partition coefficient (Wildman–Crippen LogP) is 2.84. The van der Waals surface area contributed by atoms with E-state index in [1.54, 1.807) is 0 Å². The highest BCUT2D eigenvalue weighted by Crippen LogP contribution is 2.45. The van der Waals surface area contributed by atoms with Crippen LogP contribution in [0.15, 0.2) is 42.5 Å². The molecule has 0 unspecified atom stereocenters. The Hall–Kier alpha value is -2.59. The van der Waals surface area contributed by atoms with E-state index in [0.717, 1.165) is 42.0 Å². The van der Waals surface area contributed by atoms with Gasteiger partial charge in [0.2, 0.25) is 5.54 Å². The molecule has 0 aliphatic carbocycles. The predicted molar refractivity (Wildman–Crippen MR) is 108 cm³/mol. The summed E-state index contributed by atoms with van der Waals surface area (Å²) in [5, 5.41) is 3.52. The number of nitrogens with zero attached hydrogens (tertiary/aromatic N) is 1. The van der Waals surface area contributed by atoms with Crippen LogP contribution in [0.25, 0.3) is 10.9 Å². The van der Waals surface area contributed by atoms with E-state index in [1.807, 2.05) is 11.0 Å². The maximum Gasteiger partial charge on any atom is 0.299 e. The Bertz CT molecular complexity index is 1060. The zero-order valence-electron chi connectivity index (χ0n) is 16.2. The van der Waals surface area contributed by atoms with Crippen molar-refractivity contribution in [2.45, 2.75) is 32.7 Å². The third-order valence-electron chi connectivity index (χ3n) is 6.05. The fourth-order valence-electron chi connectivity index (χ4n) is 4.96. The molecule has 0 saturated carbocycles. The molecule has 0 fully saturated rings. The zero-order valence-corrected chi connectivity index (χ0v) is 16.2. The lowest BCUT2D eigenvalue weighted by molar-refractivity contribution is -0.714. The molecule has 1 spiro atoms. The van der Waals surface area contributed by atoms with Crippen LogP contribution < -0.4 is 10.2 Å². The van der Waals surface area contributed by atoms with E-state index in [2.05, 4.69) is 67.5 Å². The van der Waals surface area contributed by atoms with Crippen molar-refractivity contribution in [1.29, 1.82) is 0 Å². The second kappa shape index (κ2) is 5.70. The second-order valence-corrected chi connectivity index (χ2v) is 8.41. The summed E-state index contributed by atoms with van der Waals surface area (Å²) in [4.78, 5) is 19.5. The minimum Gasteiger partial charge on any atom is -0.352 e. The van der Waals surface area contributed by atoms with Crippen LogP contribution >= 0.6 is 0 Å². The van der Waals surface area contributed by atoms with Crippen LogP contribution in [-0.2, 0) is 16.8 Å². The van der Waals surface area contributed by atoms with Gasteiger partial charge in [0.05, 0.1) is 23.5 Å². The van der Waals surface area contributed by atoms with Gasteiger partial charge in [-0.25, -0.2) is 0 Å². The van der Waals surface area contributed by atoms with E-state index in [4.69, 9.17) is 0 Å². The van der Waals surface area contributed by atoms with Crippen LogP contribution in [0.5, 0.6) is 0 Å². The third-order valence-corrected chi connectivity index (χ3v) is 6.05. The smallest absolute Gasteiger partial charge is 0.299 e. The van der Waals surface area contributed by atoms with Gasteiger partial charge in [0.25, 0.3) is 5.91 Å². The number of nitrogens with two attached hydrogens (primary N) is 1. The van der Waals surface area contributed by atoms with Crippen molar-refractivity contribution in [2.75, 3.05) is 18.0 Å². The number of anilines is 1. The standard InChI is InChI=1S/C23H25N3O/c1-14(2)13-26-20-7-5-4-6-18(20)23(22(26)27)21-16(10-11-24-23)17-12-15(3)8-9-19(17)25-21/h4-9,12,14,24-25H,10-11,13H2,1-3H3/p+1/t23-/m1/s1. The van der Waals surface area contributed by atoms with Crippen molar-refractivity contribution < 1.29 is 10.1 Å². The molecule has 0 radical (unpaired) electrons.